The van der Waals surface area contributed by atoms with Gasteiger partial charge in [-0.3, -0.25) is 9.88 Å². The van der Waals surface area contributed by atoms with Crippen LogP contribution in [-0.4, -0.2) is 46.3 Å². The van der Waals surface area contributed by atoms with E-state index in [1.165, 1.54) is 0 Å². The second-order valence-electron chi connectivity index (χ2n) is 8.65. The van der Waals surface area contributed by atoms with Gasteiger partial charge in [0.15, 0.2) is 0 Å². The lowest BCUT2D eigenvalue weighted by atomic mass is 9.83. The van der Waals surface area contributed by atoms with E-state index in [1.807, 2.05) is 26.2 Å². The zero-order valence-electron chi connectivity index (χ0n) is 17.1. The fraction of sp³-hybridized carbons (Fsp3) is 0.500. The number of anilines is 2. The fourth-order valence-corrected chi connectivity index (χ4v) is 4.44. The molecule has 3 N–H and O–H groups in total. The quantitative estimate of drug-likeness (QED) is 0.833. The number of urea groups is 1. The second-order valence-corrected chi connectivity index (χ2v) is 8.65. The summed E-state index contributed by atoms with van der Waals surface area (Å²) >= 11 is 0. The molecule has 154 valence electrons. The van der Waals surface area contributed by atoms with Crippen LogP contribution in [0.5, 0.6) is 0 Å². The van der Waals surface area contributed by atoms with E-state index in [-0.39, 0.29) is 0 Å². The molecule has 29 heavy (non-hydrogen) atoms. The lowest BCUT2D eigenvalue weighted by Gasteiger charge is -2.38. The van der Waals surface area contributed by atoms with Gasteiger partial charge in [-0.15, -0.1) is 0 Å². The molecule has 1 saturated heterocycles. The highest BCUT2D eigenvalue weighted by molar-refractivity contribution is 5.91. The lowest BCUT2D eigenvalue weighted by molar-refractivity contribution is 0.00651. The lowest BCUT2D eigenvalue weighted by Crippen LogP contribution is -2.42. The molecule has 2 aromatic rings. The molecule has 0 aromatic carbocycles. The number of hydrogen-bond donors (Lipinski definition) is 2. The number of hydrogen-bond acceptors (Lipinski definition) is 5. The number of rotatable bonds is 3. The summed E-state index contributed by atoms with van der Waals surface area (Å²) in [6.45, 7) is 6.24. The summed E-state index contributed by atoms with van der Waals surface area (Å²) < 4.78 is 0. The maximum absolute atomic E-state index is 11.7. The van der Waals surface area contributed by atoms with E-state index in [0.29, 0.717) is 18.3 Å². The van der Waals surface area contributed by atoms with Crippen LogP contribution in [0.3, 0.4) is 0 Å². The van der Waals surface area contributed by atoms with Crippen molar-refractivity contribution in [2.75, 3.05) is 29.4 Å². The van der Waals surface area contributed by atoms with Crippen molar-refractivity contribution in [2.45, 2.75) is 45.1 Å². The summed E-state index contributed by atoms with van der Waals surface area (Å²) in [5.74, 6) is 0.998. The van der Waals surface area contributed by atoms with Gasteiger partial charge in [0, 0.05) is 43.2 Å². The number of pyridine rings is 2. The van der Waals surface area contributed by atoms with E-state index in [2.05, 4.69) is 27.0 Å². The normalized spacial score (nSPS) is 17.9. The number of aliphatic hydroxyl groups is 1. The Morgan fingerprint density at radius 1 is 1.14 bits per heavy atom. The number of carbonyl (C=O) groups is 1. The van der Waals surface area contributed by atoms with Crippen molar-refractivity contribution in [3.05, 3.63) is 36.3 Å². The van der Waals surface area contributed by atoms with Crippen molar-refractivity contribution in [2.24, 2.45) is 11.7 Å². The third-order valence-corrected chi connectivity index (χ3v) is 6.21. The first-order valence-electron chi connectivity index (χ1n) is 10.3. The number of aromatic nitrogens is 2. The summed E-state index contributed by atoms with van der Waals surface area (Å²) in [6, 6.07) is 3.79. The molecule has 2 aliphatic heterocycles. The van der Waals surface area contributed by atoms with Crippen LogP contribution in [-0.2, 0) is 6.42 Å². The topological polar surface area (TPSA) is 95.6 Å². The predicted molar refractivity (Wildman–Crippen MR) is 114 cm³/mol. The fourth-order valence-electron chi connectivity index (χ4n) is 4.44. The summed E-state index contributed by atoms with van der Waals surface area (Å²) in [5.41, 5.74) is 9.01. The largest absolute Gasteiger partial charge is 0.390 e. The predicted octanol–water partition coefficient (Wildman–Crippen LogP) is 2.96. The summed E-state index contributed by atoms with van der Waals surface area (Å²) in [6.07, 6.45) is 9.25. The van der Waals surface area contributed by atoms with Crippen molar-refractivity contribution < 1.29 is 9.90 Å². The number of primary amides is 1. The summed E-state index contributed by atoms with van der Waals surface area (Å²) in [7, 11) is 0. The van der Waals surface area contributed by atoms with Gasteiger partial charge in [0.25, 0.3) is 0 Å². The van der Waals surface area contributed by atoms with E-state index >= 15 is 0 Å². The number of aryl methyl sites for hydroxylation is 1. The smallest absolute Gasteiger partial charge is 0.320 e. The van der Waals surface area contributed by atoms with Crippen molar-refractivity contribution in [1.29, 1.82) is 0 Å². The van der Waals surface area contributed by atoms with Crippen molar-refractivity contribution >= 4 is 17.5 Å². The molecule has 0 unspecified atom stereocenters. The van der Waals surface area contributed by atoms with E-state index in [4.69, 9.17) is 5.73 Å². The molecule has 0 bridgehead atoms. The first-order chi connectivity index (χ1) is 13.8. The summed E-state index contributed by atoms with van der Waals surface area (Å²) in [5, 5.41) is 10.3. The highest BCUT2D eigenvalue weighted by Gasteiger charge is 2.30. The molecule has 0 spiro atoms. The van der Waals surface area contributed by atoms with Gasteiger partial charge in [-0.1, -0.05) is 0 Å². The zero-order chi connectivity index (χ0) is 20.6. The molecule has 4 heterocycles. The van der Waals surface area contributed by atoms with Crippen LogP contribution in [0.1, 0.15) is 38.7 Å². The number of fused-ring (bicyclic) bond motifs is 1. The van der Waals surface area contributed by atoms with Gasteiger partial charge < -0.3 is 15.7 Å². The first kappa shape index (κ1) is 19.6. The molecular weight excluding hydrogens is 366 g/mol. The van der Waals surface area contributed by atoms with Crippen LogP contribution >= 0.6 is 0 Å². The van der Waals surface area contributed by atoms with E-state index in [0.717, 1.165) is 61.2 Å². The highest BCUT2D eigenvalue weighted by Crippen LogP contribution is 2.33. The second kappa shape index (κ2) is 7.63. The van der Waals surface area contributed by atoms with Crippen LogP contribution in [0.15, 0.2) is 30.7 Å². The van der Waals surface area contributed by atoms with Gasteiger partial charge in [-0.05, 0) is 63.1 Å². The molecule has 0 radical (unpaired) electrons. The van der Waals surface area contributed by atoms with E-state index in [1.54, 1.807) is 11.1 Å². The molecule has 1 fully saturated rings. The number of amides is 2. The van der Waals surface area contributed by atoms with Crippen molar-refractivity contribution in [3.63, 3.8) is 0 Å². The SMILES string of the molecule is CC(C)(O)C1CCN(c2cncc(-c3cnc4c(c3)CCCN4C(N)=O)c2)CC1. The Morgan fingerprint density at radius 3 is 2.55 bits per heavy atom. The van der Waals surface area contributed by atoms with Crippen molar-refractivity contribution in [3.8, 4) is 11.1 Å². The molecule has 0 saturated carbocycles. The van der Waals surface area contributed by atoms with Crippen LogP contribution in [0.25, 0.3) is 11.1 Å². The van der Waals surface area contributed by atoms with Crippen LogP contribution < -0.4 is 15.5 Å². The van der Waals surface area contributed by atoms with Gasteiger partial charge in [0.05, 0.1) is 17.5 Å². The standard InChI is InChI=1S/C22H29N5O2/c1-22(2,29)18-5-8-26(9-6-18)19-11-17(12-24-14-19)16-10-15-4-3-7-27(21(23)28)20(15)25-13-16/h10-14,18,29H,3-9H2,1-2H3,(H2,23,28). The van der Waals surface area contributed by atoms with E-state index in [9.17, 15) is 9.90 Å². The van der Waals surface area contributed by atoms with Gasteiger partial charge >= 0.3 is 6.03 Å². The Labute approximate surface area is 171 Å². The van der Waals surface area contributed by atoms with Gasteiger partial charge in [0.1, 0.15) is 5.82 Å². The minimum atomic E-state index is -0.625. The van der Waals surface area contributed by atoms with Gasteiger partial charge in [-0.2, -0.15) is 0 Å². The first-order valence-corrected chi connectivity index (χ1v) is 10.3. The number of nitrogens with two attached hydrogens (primary N) is 1. The Morgan fingerprint density at radius 2 is 1.86 bits per heavy atom. The summed E-state index contributed by atoms with van der Waals surface area (Å²) in [4.78, 5) is 24.5. The Balaban J connectivity index is 1.55. The Bertz CT molecular complexity index is 900. The van der Waals surface area contributed by atoms with Gasteiger partial charge in [0.2, 0.25) is 0 Å². The maximum Gasteiger partial charge on any atom is 0.320 e. The minimum Gasteiger partial charge on any atom is -0.390 e. The Kier molecular flexibility index (Phi) is 5.17. The number of carbonyl (C=O) groups excluding carboxylic acids is 1. The van der Waals surface area contributed by atoms with Gasteiger partial charge in [-0.25, -0.2) is 9.78 Å². The molecule has 2 aliphatic rings. The molecule has 4 rings (SSSR count). The van der Waals surface area contributed by atoms with E-state index < -0.39 is 11.6 Å². The molecule has 0 aliphatic carbocycles. The number of nitrogens with zero attached hydrogens (tertiary/aromatic N) is 4. The highest BCUT2D eigenvalue weighted by atomic mass is 16.3. The maximum atomic E-state index is 11.7. The third-order valence-electron chi connectivity index (χ3n) is 6.21. The molecular formula is C22H29N5O2. The van der Waals surface area contributed by atoms with Crippen LogP contribution in [0.2, 0.25) is 0 Å². The molecule has 2 aromatic heterocycles. The minimum absolute atomic E-state index is 0.327. The average Bonchev–Trinajstić information content (AvgIpc) is 2.72. The molecule has 0 atom stereocenters. The molecule has 7 heteroatoms. The van der Waals surface area contributed by atoms with Crippen LogP contribution in [0, 0.1) is 5.92 Å². The van der Waals surface area contributed by atoms with Crippen molar-refractivity contribution in [1.82, 2.24) is 9.97 Å². The number of piperidine rings is 1. The molecule has 2 amide bonds. The average molecular weight is 396 g/mol. The monoisotopic (exact) mass is 395 g/mol. The van der Waals surface area contributed by atoms with Crippen LogP contribution in [0.4, 0.5) is 16.3 Å². The third kappa shape index (κ3) is 4.05. The Hall–Kier alpha value is -2.67. The molecule has 7 nitrogen and oxygen atoms in total. The zero-order valence-corrected chi connectivity index (χ0v) is 17.1.